The van der Waals surface area contributed by atoms with Crippen LogP contribution in [0.4, 0.5) is 5.69 Å². The summed E-state index contributed by atoms with van der Waals surface area (Å²) in [7, 11) is 2.16. The van der Waals surface area contributed by atoms with Crippen LogP contribution in [0.1, 0.15) is 19.8 Å². The lowest BCUT2D eigenvalue weighted by Crippen LogP contribution is -2.30. The molecule has 1 aromatic rings. The molecule has 0 radical (unpaired) electrons. The summed E-state index contributed by atoms with van der Waals surface area (Å²) in [4.78, 5) is 6.53. The molecule has 0 aliphatic carbocycles. The Bertz CT molecular complexity index is 356. The molecule has 1 fully saturated rings. The van der Waals surface area contributed by atoms with Gasteiger partial charge in [0.2, 0.25) is 0 Å². The second-order valence-corrected chi connectivity index (χ2v) is 4.53. The zero-order chi connectivity index (χ0) is 12.1. The van der Waals surface area contributed by atoms with Gasteiger partial charge in [-0.15, -0.1) is 0 Å². The van der Waals surface area contributed by atoms with Crippen molar-refractivity contribution in [3.8, 4) is 5.75 Å². The third kappa shape index (κ3) is 3.33. The van der Waals surface area contributed by atoms with Crippen LogP contribution in [0.3, 0.4) is 0 Å². The quantitative estimate of drug-likeness (QED) is 0.847. The summed E-state index contributed by atoms with van der Waals surface area (Å²) in [5.74, 6) is 0.851. The van der Waals surface area contributed by atoms with E-state index in [1.807, 2.05) is 12.3 Å². The van der Waals surface area contributed by atoms with Crippen LogP contribution in [0, 0.1) is 0 Å². The number of rotatable bonds is 5. The molecule has 0 amide bonds. The smallest absolute Gasteiger partial charge is 0.139 e. The van der Waals surface area contributed by atoms with Gasteiger partial charge in [0.1, 0.15) is 12.4 Å². The lowest BCUT2D eigenvalue weighted by Gasteiger charge is -2.19. The van der Waals surface area contributed by atoms with Gasteiger partial charge in [-0.25, -0.2) is 0 Å². The predicted molar refractivity (Wildman–Crippen MR) is 69.5 cm³/mol. The zero-order valence-electron chi connectivity index (χ0n) is 10.6. The summed E-state index contributed by atoms with van der Waals surface area (Å²) in [6.07, 6.45) is 6.10. The topological polar surface area (TPSA) is 37.4 Å². The average molecular weight is 235 g/mol. The first-order valence-electron chi connectivity index (χ1n) is 6.31. The standard InChI is InChI=1S/C13H21N3O/c1-3-15-11-7-13(9-14-8-11)17-10-12-5-4-6-16(12)2/h7-9,12,15H,3-6,10H2,1-2H3/t12-/m0/s1. The van der Waals surface area contributed by atoms with Crippen LogP contribution in [0.2, 0.25) is 0 Å². The Morgan fingerprint density at radius 2 is 2.41 bits per heavy atom. The van der Waals surface area contributed by atoms with E-state index in [0.29, 0.717) is 6.04 Å². The van der Waals surface area contributed by atoms with Crippen molar-refractivity contribution in [2.24, 2.45) is 0 Å². The van der Waals surface area contributed by atoms with E-state index in [0.717, 1.165) is 24.6 Å². The highest BCUT2D eigenvalue weighted by atomic mass is 16.5. The SMILES string of the molecule is CCNc1cncc(OC[C@@H]2CCCN2C)c1. The maximum atomic E-state index is 5.80. The predicted octanol–water partition coefficient (Wildman–Crippen LogP) is 1.99. The van der Waals surface area contributed by atoms with Crippen molar-refractivity contribution < 1.29 is 4.74 Å². The van der Waals surface area contributed by atoms with Crippen molar-refractivity contribution >= 4 is 5.69 Å². The molecule has 0 aromatic carbocycles. The molecule has 2 rings (SSSR count). The van der Waals surface area contributed by atoms with Gasteiger partial charge in [-0.3, -0.25) is 4.98 Å². The molecule has 0 unspecified atom stereocenters. The van der Waals surface area contributed by atoms with E-state index in [9.17, 15) is 0 Å². The first-order valence-corrected chi connectivity index (χ1v) is 6.31. The third-order valence-corrected chi connectivity index (χ3v) is 3.21. The fourth-order valence-electron chi connectivity index (χ4n) is 2.18. The van der Waals surface area contributed by atoms with Gasteiger partial charge < -0.3 is 15.0 Å². The van der Waals surface area contributed by atoms with E-state index in [1.54, 1.807) is 6.20 Å². The molecular formula is C13H21N3O. The summed E-state index contributed by atoms with van der Waals surface area (Å²) >= 11 is 0. The second-order valence-electron chi connectivity index (χ2n) is 4.53. The number of ether oxygens (including phenoxy) is 1. The molecule has 4 nitrogen and oxygen atoms in total. The maximum Gasteiger partial charge on any atom is 0.139 e. The first kappa shape index (κ1) is 12.2. The highest BCUT2D eigenvalue weighted by Crippen LogP contribution is 2.19. The fourth-order valence-corrected chi connectivity index (χ4v) is 2.18. The van der Waals surface area contributed by atoms with E-state index in [4.69, 9.17) is 4.74 Å². The number of pyridine rings is 1. The third-order valence-electron chi connectivity index (χ3n) is 3.21. The minimum absolute atomic E-state index is 0.554. The molecule has 0 spiro atoms. The Balaban J connectivity index is 1.87. The van der Waals surface area contributed by atoms with Gasteiger partial charge in [0.15, 0.2) is 0 Å². The van der Waals surface area contributed by atoms with Gasteiger partial charge in [0.25, 0.3) is 0 Å². The maximum absolute atomic E-state index is 5.80. The van der Waals surface area contributed by atoms with Crippen molar-refractivity contribution in [1.29, 1.82) is 0 Å². The molecule has 1 aromatic heterocycles. The number of likely N-dealkylation sites (tertiary alicyclic amines) is 1. The summed E-state index contributed by atoms with van der Waals surface area (Å²) in [5, 5.41) is 3.23. The first-order chi connectivity index (χ1) is 8.29. The molecule has 17 heavy (non-hydrogen) atoms. The zero-order valence-corrected chi connectivity index (χ0v) is 10.6. The van der Waals surface area contributed by atoms with Crippen molar-refractivity contribution in [2.45, 2.75) is 25.8 Å². The second kappa shape index (κ2) is 5.87. The van der Waals surface area contributed by atoms with E-state index < -0.39 is 0 Å². The number of hydrogen-bond donors (Lipinski definition) is 1. The van der Waals surface area contributed by atoms with Crippen molar-refractivity contribution in [1.82, 2.24) is 9.88 Å². The summed E-state index contributed by atoms with van der Waals surface area (Å²) in [5.41, 5.74) is 1.02. The van der Waals surface area contributed by atoms with Gasteiger partial charge >= 0.3 is 0 Å². The van der Waals surface area contributed by atoms with Crippen molar-refractivity contribution in [3.63, 3.8) is 0 Å². The average Bonchev–Trinajstić information content (AvgIpc) is 2.73. The highest BCUT2D eigenvalue weighted by molar-refractivity contribution is 5.44. The number of nitrogens with one attached hydrogen (secondary N) is 1. The van der Waals surface area contributed by atoms with Crippen LogP contribution in [0.5, 0.6) is 5.75 Å². The van der Waals surface area contributed by atoms with E-state index in [2.05, 4.69) is 29.2 Å². The number of anilines is 1. The number of likely N-dealkylation sites (N-methyl/N-ethyl adjacent to an activating group) is 1. The largest absolute Gasteiger partial charge is 0.490 e. The molecule has 94 valence electrons. The summed E-state index contributed by atoms with van der Waals surface area (Å²) in [6, 6.07) is 2.56. The molecule has 2 heterocycles. The normalized spacial score (nSPS) is 20.5. The van der Waals surface area contributed by atoms with E-state index >= 15 is 0 Å². The van der Waals surface area contributed by atoms with Crippen LogP contribution in [0.25, 0.3) is 0 Å². The summed E-state index contributed by atoms with van der Waals surface area (Å²) < 4.78 is 5.80. The molecule has 0 bridgehead atoms. The van der Waals surface area contributed by atoms with Crippen LogP contribution < -0.4 is 10.1 Å². The van der Waals surface area contributed by atoms with Crippen LogP contribution >= 0.6 is 0 Å². The van der Waals surface area contributed by atoms with Crippen LogP contribution in [-0.2, 0) is 0 Å². The van der Waals surface area contributed by atoms with Crippen molar-refractivity contribution in [3.05, 3.63) is 18.5 Å². The van der Waals surface area contributed by atoms with E-state index in [1.165, 1.54) is 19.4 Å². The van der Waals surface area contributed by atoms with Gasteiger partial charge in [-0.05, 0) is 33.4 Å². The summed E-state index contributed by atoms with van der Waals surface area (Å²) in [6.45, 7) is 4.91. The van der Waals surface area contributed by atoms with Crippen LogP contribution in [-0.4, -0.2) is 42.7 Å². The number of aromatic nitrogens is 1. The lowest BCUT2D eigenvalue weighted by molar-refractivity contribution is 0.198. The van der Waals surface area contributed by atoms with Gasteiger partial charge in [-0.1, -0.05) is 0 Å². The number of hydrogen-bond acceptors (Lipinski definition) is 4. The Hall–Kier alpha value is -1.29. The Morgan fingerprint density at radius 1 is 1.53 bits per heavy atom. The molecule has 1 aliphatic heterocycles. The Morgan fingerprint density at radius 3 is 3.12 bits per heavy atom. The Kier molecular flexibility index (Phi) is 4.20. The minimum Gasteiger partial charge on any atom is -0.490 e. The lowest BCUT2D eigenvalue weighted by atomic mass is 10.2. The molecule has 1 atom stereocenters. The van der Waals surface area contributed by atoms with E-state index in [-0.39, 0.29) is 0 Å². The molecule has 1 saturated heterocycles. The molecule has 0 saturated carbocycles. The van der Waals surface area contributed by atoms with Crippen molar-refractivity contribution in [2.75, 3.05) is 32.1 Å². The Labute approximate surface area is 103 Å². The minimum atomic E-state index is 0.554. The fraction of sp³-hybridized carbons (Fsp3) is 0.615. The molecular weight excluding hydrogens is 214 g/mol. The monoisotopic (exact) mass is 235 g/mol. The molecule has 4 heteroatoms. The van der Waals surface area contributed by atoms with Gasteiger partial charge in [0, 0.05) is 18.7 Å². The molecule has 1 aliphatic rings. The number of nitrogens with zero attached hydrogens (tertiary/aromatic N) is 2. The molecule has 1 N–H and O–H groups in total. The van der Waals surface area contributed by atoms with Gasteiger partial charge in [-0.2, -0.15) is 0 Å². The highest BCUT2D eigenvalue weighted by Gasteiger charge is 2.21. The van der Waals surface area contributed by atoms with Gasteiger partial charge in [0.05, 0.1) is 18.1 Å². The van der Waals surface area contributed by atoms with Crippen LogP contribution in [0.15, 0.2) is 18.5 Å².